The third-order valence-electron chi connectivity index (χ3n) is 3.01. The second kappa shape index (κ2) is 5.48. The zero-order valence-corrected chi connectivity index (χ0v) is 10.5. The Morgan fingerprint density at radius 3 is 2.88 bits per heavy atom. The Bertz CT molecular complexity index is 268. The standard InChI is InChI=1S/C13H22O3/c1-5-12(14)16-9-13(3,4)11-8-10(2)6-7-15-11/h11H,2,5-9H2,1,3-4H3. The number of esters is 1. The van der Waals surface area contributed by atoms with E-state index >= 15 is 0 Å². The number of ether oxygens (including phenoxy) is 2. The second-order valence-electron chi connectivity index (χ2n) is 5.07. The molecule has 0 aromatic carbocycles. The molecule has 0 aromatic rings. The maximum atomic E-state index is 11.1. The van der Waals surface area contributed by atoms with E-state index in [0.717, 1.165) is 19.4 Å². The summed E-state index contributed by atoms with van der Waals surface area (Å²) in [5.74, 6) is -0.150. The van der Waals surface area contributed by atoms with Crippen LogP contribution < -0.4 is 0 Å². The third kappa shape index (κ3) is 3.63. The van der Waals surface area contributed by atoms with Gasteiger partial charge in [0.1, 0.15) is 0 Å². The first kappa shape index (κ1) is 13.2. The van der Waals surface area contributed by atoms with Crippen molar-refractivity contribution < 1.29 is 14.3 Å². The minimum absolute atomic E-state index is 0.110. The van der Waals surface area contributed by atoms with Crippen LogP contribution in [0.15, 0.2) is 12.2 Å². The SMILES string of the molecule is C=C1CCOC(C(C)(C)COC(=O)CC)C1. The number of hydrogen-bond acceptors (Lipinski definition) is 3. The fourth-order valence-corrected chi connectivity index (χ4v) is 1.73. The predicted molar refractivity (Wildman–Crippen MR) is 63.1 cm³/mol. The molecule has 1 aliphatic rings. The van der Waals surface area contributed by atoms with Crippen LogP contribution >= 0.6 is 0 Å². The topological polar surface area (TPSA) is 35.5 Å². The van der Waals surface area contributed by atoms with Crippen LogP contribution in [0.1, 0.15) is 40.0 Å². The fourth-order valence-electron chi connectivity index (χ4n) is 1.73. The highest BCUT2D eigenvalue weighted by molar-refractivity contribution is 5.68. The molecule has 1 unspecified atom stereocenters. The molecule has 16 heavy (non-hydrogen) atoms. The lowest BCUT2D eigenvalue weighted by molar-refractivity contribution is -0.150. The van der Waals surface area contributed by atoms with E-state index in [4.69, 9.17) is 9.47 Å². The van der Waals surface area contributed by atoms with Gasteiger partial charge in [-0.05, 0) is 12.8 Å². The minimum atomic E-state index is -0.150. The van der Waals surface area contributed by atoms with Gasteiger partial charge in [0.05, 0.1) is 19.3 Å². The molecule has 3 heteroatoms. The van der Waals surface area contributed by atoms with Crippen molar-refractivity contribution in [2.24, 2.45) is 5.41 Å². The summed E-state index contributed by atoms with van der Waals surface area (Å²) in [6.45, 7) is 11.1. The highest BCUT2D eigenvalue weighted by Crippen LogP contribution is 2.32. The summed E-state index contributed by atoms with van der Waals surface area (Å²) < 4.78 is 10.9. The molecule has 1 fully saturated rings. The molecule has 1 heterocycles. The van der Waals surface area contributed by atoms with Crippen molar-refractivity contribution in [1.82, 2.24) is 0 Å². The van der Waals surface area contributed by atoms with E-state index in [1.54, 1.807) is 6.92 Å². The van der Waals surface area contributed by atoms with Crippen LogP contribution in [0.4, 0.5) is 0 Å². The lowest BCUT2D eigenvalue weighted by Crippen LogP contribution is -2.39. The first-order valence-corrected chi connectivity index (χ1v) is 5.89. The molecule has 1 aliphatic heterocycles. The predicted octanol–water partition coefficient (Wildman–Crippen LogP) is 2.70. The Balaban J connectivity index is 2.48. The average molecular weight is 226 g/mol. The van der Waals surface area contributed by atoms with Gasteiger partial charge in [0.25, 0.3) is 0 Å². The van der Waals surface area contributed by atoms with Crippen molar-refractivity contribution in [3.63, 3.8) is 0 Å². The van der Waals surface area contributed by atoms with Gasteiger partial charge in [-0.2, -0.15) is 0 Å². The van der Waals surface area contributed by atoms with Crippen molar-refractivity contribution in [1.29, 1.82) is 0 Å². The first-order valence-electron chi connectivity index (χ1n) is 5.89. The first-order chi connectivity index (χ1) is 7.45. The molecular weight excluding hydrogens is 204 g/mol. The van der Waals surface area contributed by atoms with Gasteiger partial charge in [-0.3, -0.25) is 4.79 Å². The Kier molecular flexibility index (Phi) is 4.54. The lowest BCUT2D eigenvalue weighted by Gasteiger charge is -2.36. The van der Waals surface area contributed by atoms with E-state index in [1.165, 1.54) is 5.57 Å². The van der Waals surface area contributed by atoms with Crippen LogP contribution in [0, 0.1) is 5.41 Å². The molecule has 0 N–H and O–H groups in total. The van der Waals surface area contributed by atoms with Gasteiger partial charge < -0.3 is 9.47 Å². The summed E-state index contributed by atoms with van der Waals surface area (Å²) >= 11 is 0. The van der Waals surface area contributed by atoms with Crippen molar-refractivity contribution >= 4 is 5.97 Å². The monoisotopic (exact) mass is 226 g/mol. The van der Waals surface area contributed by atoms with Crippen LogP contribution in [0.25, 0.3) is 0 Å². The van der Waals surface area contributed by atoms with Gasteiger partial charge in [-0.15, -0.1) is 0 Å². The van der Waals surface area contributed by atoms with E-state index in [2.05, 4.69) is 20.4 Å². The highest BCUT2D eigenvalue weighted by Gasteiger charge is 2.33. The zero-order valence-electron chi connectivity index (χ0n) is 10.5. The number of carbonyl (C=O) groups excluding carboxylic acids is 1. The van der Waals surface area contributed by atoms with E-state index in [-0.39, 0.29) is 17.5 Å². The largest absolute Gasteiger partial charge is 0.465 e. The summed E-state index contributed by atoms with van der Waals surface area (Å²) in [5, 5.41) is 0. The molecule has 3 nitrogen and oxygen atoms in total. The number of rotatable bonds is 4. The summed E-state index contributed by atoms with van der Waals surface area (Å²) in [7, 11) is 0. The van der Waals surface area contributed by atoms with Gasteiger partial charge in [0.2, 0.25) is 0 Å². The van der Waals surface area contributed by atoms with E-state index < -0.39 is 0 Å². The molecule has 0 spiro atoms. The van der Waals surface area contributed by atoms with Gasteiger partial charge in [0.15, 0.2) is 0 Å². The third-order valence-corrected chi connectivity index (χ3v) is 3.01. The quantitative estimate of drug-likeness (QED) is 0.546. The molecule has 0 aromatic heterocycles. The van der Waals surface area contributed by atoms with Crippen molar-refractivity contribution in [2.75, 3.05) is 13.2 Å². The van der Waals surface area contributed by atoms with E-state index in [1.807, 2.05) is 0 Å². The van der Waals surface area contributed by atoms with E-state index in [9.17, 15) is 4.79 Å². The molecule has 0 radical (unpaired) electrons. The lowest BCUT2D eigenvalue weighted by atomic mass is 9.82. The number of carbonyl (C=O) groups is 1. The van der Waals surface area contributed by atoms with Crippen LogP contribution in [-0.2, 0) is 14.3 Å². The molecule has 0 amide bonds. The molecule has 0 aliphatic carbocycles. The van der Waals surface area contributed by atoms with Gasteiger partial charge >= 0.3 is 5.97 Å². The summed E-state index contributed by atoms with van der Waals surface area (Å²) in [6, 6.07) is 0. The zero-order chi connectivity index (χ0) is 12.2. The van der Waals surface area contributed by atoms with Crippen LogP contribution in [0.3, 0.4) is 0 Å². The molecule has 1 saturated heterocycles. The summed E-state index contributed by atoms with van der Waals surface area (Å²) in [5.41, 5.74) is 1.08. The van der Waals surface area contributed by atoms with Crippen molar-refractivity contribution in [2.45, 2.75) is 46.1 Å². The van der Waals surface area contributed by atoms with Gasteiger partial charge in [0, 0.05) is 11.8 Å². The molecular formula is C13H22O3. The normalized spacial score (nSPS) is 21.9. The Morgan fingerprint density at radius 1 is 1.62 bits per heavy atom. The Morgan fingerprint density at radius 2 is 2.31 bits per heavy atom. The molecule has 92 valence electrons. The van der Waals surface area contributed by atoms with Crippen molar-refractivity contribution in [3.05, 3.63) is 12.2 Å². The fraction of sp³-hybridized carbons (Fsp3) is 0.769. The van der Waals surface area contributed by atoms with Gasteiger partial charge in [-0.25, -0.2) is 0 Å². The van der Waals surface area contributed by atoms with Crippen LogP contribution in [0.2, 0.25) is 0 Å². The highest BCUT2D eigenvalue weighted by atomic mass is 16.5. The van der Waals surface area contributed by atoms with Crippen LogP contribution in [-0.4, -0.2) is 25.3 Å². The Labute approximate surface area is 97.8 Å². The maximum Gasteiger partial charge on any atom is 0.305 e. The van der Waals surface area contributed by atoms with Crippen molar-refractivity contribution in [3.8, 4) is 0 Å². The summed E-state index contributed by atoms with van der Waals surface area (Å²) in [4.78, 5) is 11.1. The average Bonchev–Trinajstić information content (AvgIpc) is 2.26. The number of hydrogen-bond donors (Lipinski definition) is 0. The molecule has 1 atom stereocenters. The summed E-state index contributed by atoms with van der Waals surface area (Å²) in [6.07, 6.45) is 2.35. The minimum Gasteiger partial charge on any atom is -0.465 e. The second-order valence-corrected chi connectivity index (χ2v) is 5.07. The molecule has 1 rings (SSSR count). The smallest absolute Gasteiger partial charge is 0.305 e. The Hall–Kier alpha value is -0.830. The van der Waals surface area contributed by atoms with Crippen LogP contribution in [0.5, 0.6) is 0 Å². The van der Waals surface area contributed by atoms with Gasteiger partial charge in [-0.1, -0.05) is 32.9 Å². The molecule has 0 saturated carbocycles. The van der Waals surface area contributed by atoms with E-state index in [0.29, 0.717) is 13.0 Å². The maximum absolute atomic E-state index is 11.1. The molecule has 0 bridgehead atoms.